The van der Waals surface area contributed by atoms with Gasteiger partial charge in [0.2, 0.25) is 0 Å². The van der Waals surface area contributed by atoms with Crippen LogP contribution in [0.15, 0.2) is 18.2 Å². The predicted octanol–water partition coefficient (Wildman–Crippen LogP) is 2.53. The average molecular weight is 284 g/mol. The molecule has 4 nitrogen and oxygen atoms in total. The lowest BCUT2D eigenvalue weighted by Crippen LogP contribution is -2.23. The van der Waals surface area contributed by atoms with E-state index in [1.165, 1.54) is 0 Å². The quantitative estimate of drug-likeness (QED) is 0.644. The number of rotatable bonds is 6. The topological polar surface area (TPSA) is 47.6 Å². The van der Waals surface area contributed by atoms with Crippen LogP contribution in [0.2, 0.25) is 5.02 Å². The van der Waals surface area contributed by atoms with Gasteiger partial charge in [0, 0.05) is 23.6 Å². The maximum atomic E-state index is 11.4. The predicted molar refractivity (Wildman–Crippen MR) is 73.4 cm³/mol. The Morgan fingerprint density at radius 2 is 2.37 bits per heavy atom. The first kappa shape index (κ1) is 14.2. The number of hydrogen-bond donors (Lipinski definition) is 1. The zero-order chi connectivity index (χ0) is 13.7. The minimum atomic E-state index is -0.511. The molecule has 1 aromatic carbocycles. The highest BCUT2D eigenvalue weighted by Crippen LogP contribution is 2.28. The van der Waals surface area contributed by atoms with E-state index in [2.05, 4.69) is 12.2 Å². The molecule has 1 aliphatic heterocycles. The fraction of sp³-hybridized carbons (Fsp3) is 0.500. The molecule has 5 heteroatoms. The fourth-order valence-electron chi connectivity index (χ4n) is 1.95. The van der Waals surface area contributed by atoms with Gasteiger partial charge in [0.25, 0.3) is 0 Å². The third kappa shape index (κ3) is 3.61. The summed E-state index contributed by atoms with van der Waals surface area (Å²) in [6.45, 7) is 4.07. The van der Waals surface area contributed by atoms with E-state index in [-0.39, 0.29) is 5.97 Å². The van der Waals surface area contributed by atoms with Crippen LogP contribution in [0.25, 0.3) is 0 Å². The van der Waals surface area contributed by atoms with Gasteiger partial charge in [-0.2, -0.15) is 0 Å². The van der Waals surface area contributed by atoms with Crippen LogP contribution < -0.4 is 10.1 Å². The van der Waals surface area contributed by atoms with E-state index in [4.69, 9.17) is 21.1 Å². The molecule has 1 N–H and O–H groups in total. The van der Waals surface area contributed by atoms with E-state index in [9.17, 15) is 4.79 Å². The van der Waals surface area contributed by atoms with Crippen molar-refractivity contribution in [1.82, 2.24) is 5.32 Å². The highest BCUT2D eigenvalue weighted by Gasteiger charge is 2.29. The lowest BCUT2D eigenvalue weighted by Gasteiger charge is -2.15. The third-order valence-electron chi connectivity index (χ3n) is 2.96. The molecular formula is C14H18ClNO3. The maximum Gasteiger partial charge on any atom is 0.347 e. The standard InChI is InChI=1S/C14H18ClNO3/c1-2-7-16-9-10-11(15)4-3-5-12(10)19-13-6-8-18-14(13)17/h3-5,13,16H,2,6-9H2,1H3. The number of hydrogen-bond acceptors (Lipinski definition) is 4. The summed E-state index contributed by atoms with van der Waals surface area (Å²) in [6, 6.07) is 5.48. The Balaban J connectivity index is 2.09. The monoisotopic (exact) mass is 283 g/mol. The van der Waals surface area contributed by atoms with E-state index in [1.54, 1.807) is 0 Å². The molecule has 1 aliphatic rings. The molecule has 104 valence electrons. The molecule has 1 fully saturated rings. The smallest absolute Gasteiger partial charge is 0.347 e. The molecular weight excluding hydrogens is 266 g/mol. The first-order chi connectivity index (χ1) is 9.22. The molecule has 0 aliphatic carbocycles. The highest BCUT2D eigenvalue weighted by molar-refractivity contribution is 6.31. The fourth-order valence-corrected chi connectivity index (χ4v) is 2.18. The Bertz CT molecular complexity index is 450. The zero-order valence-electron chi connectivity index (χ0n) is 10.9. The molecule has 0 aromatic heterocycles. The van der Waals surface area contributed by atoms with Gasteiger partial charge in [0.15, 0.2) is 6.10 Å². The van der Waals surface area contributed by atoms with Gasteiger partial charge >= 0.3 is 5.97 Å². The number of halogens is 1. The van der Waals surface area contributed by atoms with Crippen LogP contribution in [0.4, 0.5) is 0 Å². The molecule has 0 amide bonds. The molecule has 1 aromatic rings. The molecule has 1 heterocycles. The maximum absolute atomic E-state index is 11.4. The van der Waals surface area contributed by atoms with Gasteiger partial charge in [0.05, 0.1) is 6.61 Å². The largest absolute Gasteiger partial charge is 0.478 e. The Kier molecular flexibility index (Phi) is 5.05. The number of carbonyl (C=O) groups excluding carboxylic acids is 1. The Morgan fingerprint density at radius 3 is 3.05 bits per heavy atom. The van der Waals surface area contributed by atoms with Gasteiger partial charge in [-0.15, -0.1) is 0 Å². The number of carbonyl (C=O) groups is 1. The molecule has 0 spiro atoms. The Morgan fingerprint density at radius 1 is 1.53 bits per heavy atom. The summed E-state index contributed by atoms with van der Waals surface area (Å²) in [5.41, 5.74) is 0.886. The number of benzene rings is 1. The van der Waals surface area contributed by atoms with Crippen molar-refractivity contribution in [1.29, 1.82) is 0 Å². The van der Waals surface area contributed by atoms with E-state index < -0.39 is 6.10 Å². The Hall–Kier alpha value is -1.26. The van der Waals surface area contributed by atoms with E-state index in [1.807, 2.05) is 18.2 Å². The molecule has 0 bridgehead atoms. The Labute approximate surface area is 118 Å². The average Bonchev–Trinajstić information content (AvgIpc) is 2.79. The number of nitrogens with one attached hydrogen (secondary N) is 1. The summed E-state index contributed by atoms with van der Waals surface area (Å²) in [5.74, 6) is 0.354. The van der Waals surface area contributed by atoms with Crippen LogP contribution in [0.3, 0.4) is 0 Å². The number of esters is 1. The van der Waals surface area contributed by atoms with Crippen molar-refractivity contribution in [3.63, 3.8) is 0 Å². The molecule has 1 saturated heterocycles. The minimum Gasteiger partial charge on any atom is -0.478 e. The van der Waals surface area contributed by atoms with Crippen LogP contribution in [-0.4, -0.2) is 25.2 Å². The van der Waals surface area contributed by atoms with Crippen molar-refractivity contribution in [2.45, 2.75) is 32.4 Å². The number of ether oxygens (including phenoxy) is 2. The molecule has 2 rings (SSSR count). The van der Waals surface area contributed by atoms with Gasteiger partial charge < -0.3 is 14.8 Å². The molecule has 1 unspecified atom stereocenters. The third-order valence-corrected chi connectivity index (χ3v) is 3.32. The molecule has 0 saturated carbocycles. The zero-order valence-corrected chi connectivity index (χ0v) is 11.7. The van der Waals surface area contributed by atoms with Gasteiger partial charge in [-0.25, -0.2) is 4.79 Å². The summed E-state index contributed by atoms with van der Waals surface area (Å²) >= 11 is 6.19. The number of cyclic esters (lactones) is 1. The van der Waals surface area contributed by atoms with E-state index in [0.29, 0.717) is 30.3 Å². The summed E-state index contributed by atoms with van der Waals surface area (Å²) in [4.78, 5) is 11.4. The summed E-state index contributed by atoms with van der Waals surface area (Å²) in [7, 11) is 0. The van der Waals surface area contributed by atoms with Gasteiger partial charge in [-0.05, 0) is 25.1 Å². The van der Waals surface area contributed by atoms with Crippen LogP contribution in [-0.2, 0) is 16.1 Å². The van der Waals surface area contributed by atoms with Crippen molar-refractivity contribution in [2.75, 3.05) is 13.2 Å². The van der Waals surface area contributed by atoms with Gasteiger partial charge in [0.1, 0.15) is 5.75 Å². The normalized spacial score (nSPS) is 18.4. The van der Waals surface area contributed by atoms with Crippen LogP contribution in [0.5, 0.6) is 5.75 Å². The molecule has 1 atom stereocenters. The van der Waals surface area contributed by atoms with Gasteiger partial charge in [-0.1, -0.05) is 24.6 Å². The SMILES string of the molecule is CCCNCc1c(Cl)cccc1OC1CCOC1=O. The van der Waals surface area contributed by atoms with Crippen molar-refractivity contribution in [2.24, 2.45) is 0 Å². The van der Waals surface area contributed by atoms with Crippen molar-refractivity contribution in [3.05, 3.63) is 28.8 Å². The first-order valence-electron chi connectivity index (χ1n) is 6.53. The van der Waals surface area contributed by atoms with E-state index >= 15 is 0 Å². The molecule has 0 radical (unpaired) electrons. The van der Waals surface area contributed by atoms with E-state index in [0.717, 1.165) is 18.5 Å². The second-order valence-electron chi connectivity index (χ2n) is 4.46. The minimum absolute atomic E-state index is 0.299. The first-order valence-corrected chi connectivity index (χ1v) is 6.91. The lowest BCUT2D eigenvalue weighted by atomic mass is 10.2. The van der Waals surface area contributed by atoms with Crippen molar-refractivity contribution < 1.29 is 14.3 Å². The van der Waals surface area contributed by atoms with Crippen LogP contribution >= 0.6 is 11.6 Å². The van der Waals surface area contributed by atoms with Crippen LogP contribution in [0.1, 0.15) is 25.3 Å². The summed E-state index contributed by atoms with van der Waals surface area (Å²) in [5, 5.41) is 3.93. The second kappa shape index (κ2) is 6.78. The molecule has 19 heavy (non-hydrogen) atoms. The lowest BCUT2D eigenvalue weighted by molar-refractivity contribution is -0.143. The summed E-state index contributed by atoms with van der Waals surface area (Å²) < 4.78 is 10.6. The van der Waals surface area contributed by atoms with Crippen molar-refractivity contribution >= 4 is 17.6 Å². The van der Waals surface area contributed by atoms with Crippen molar-refractivity contribution in [3.8, 4) is 5.75 Å². The second-order valence-corrected chi connectivity index (χ2v) is 4.86. The summed E-state index contributed by atoms with van der Waals surface area (Å²) in [6.07, 6.45) is 1.13. The highest BCUT2D eigenvalue weighted by atomic mass is 35.5. The van der Waals surface area contributed by atoms with Crippen LogP contribution in [0, 0.1) is 0 Å². The van der Waals surface area contributed by atoms with Gasteiger partial charge in [-0.3, -0.25) is 0 Å².